The summed E-state index contributed by atoms with van der Waals surface area (Å²) in [6, 6.07) is 2.59. The average Bonchev–Trinajstić information content (AvgIpc) is 3.14. The van der Waals surface area contributed by atoms with Crippen LogP contribution in [0.1, 0.15) is 63.4 Å². The molecule has 27 heavy (non-hydrogen) atoms. The summed E-state index contributed by atoms with van der Waals surface area (Å²) in [5.41, 5.74) is 5.31. The van der Waals surface area contributed by atoms with E-state index in [2.05, 4.69) is 75.5 Å². The fourth-order valence-electron chi connectivity index (χ4n) is 3.38. The molecule has 0 bridgehead atoms. The molecule has 3 aromatic rings. The highest BCUT2D eigenvalue weighted by atomic mass is 79.9. The van der Waals surface area contributed by atoms with Gasteiger partial charge in [0, 0.05) is 18.7 Å². The van der Waals surface area contributed by atoms with Crippen molar-refractivity contribution in [3.05, 3.63) is 27.6 Å². The van der Waals surface area contributed by atoms with Crippen LogP contribution in [0.5, 0.6) is 0 Å². The summed E-state index contributed by atoms with van der Waals surface area (Å²) in [7, 11) is 2.08. The van der Waals surface area contributed by atoms with Gasteiger partial charge in [-0.25, -0.2) is 14.5 Å². The normalized spacial score (nSPS) is 11.9. The van der Waals surface area contributed by atoms with Gasteiger partial charge in [0.2, 0.25) is 0 Å². The Labute approximate surface area is 174 Å². The minimum atomic E-state index is 0.390. The molecule has 0 fully saturated rings. The van der Waals surface area contributed by atoms with E-state index in [-0.39, 0.29) is 0 Å². The lowest BCUT2D eigenvalue weighted by atomic mass is 9.95. The Morgan fingerprint density at radius 1 is 1.19 bits per heavy atom. The van der Waals surface area contributed by atoms with Gasteiger partial charge < -0.3 is 4.90 Å². The Balaban J connectivity index is 2.23. The first-order valence-electron chi connectivity index (χ1n) is 9.54. The maximum Gasteiger partial charge on any atom is 0.187 e. The van der Waals surface area contributed by atoms with Gasteiger partial charge in [0.25, 0.3) is 0 Å². The van der Waals surface area contributed by atoms with E-state index in [1.54, 1.807) is 11.3 Å². The first kappa shape index (κ1) is 20.3. The van der Waals surface area contributed by atoms with E-state index in [1.165, 1.54) is 5.56 Å². The topological polar surface area (TPSA) is 46.3 Å². The van der Waals surface area contributed by atoms with E-state index in [1.807, 2.05) is 4.52 Å². The molecule has 0 unspecified atom stereocenters. The zero-order chi connectivity index (χ0) is 19.9. The summed E-state index contributed by atoms with van der Waals surface area (Å²) < 4.78 is 2.88. The van der Waals surface area contributed by atoms with Crippen LogP contribution in [0.25, 0.3) is 16.2 Å². The summed E-state index contributed by atoms with van der Waals surface area (Å²) in [6.07, 6.45) is 2.20. The number of halogens is 1. The first-order valence-corrected chi connectivity index (χ1v) is 11.2. The Kier molecular flexibility index (Phi) is 5.91. The van der Waals surface area contributed by atoms with Crippen LogP contribution in [0.3, 0.4) is 0 Å². The monoisotopic (exact) mass is 449 g/mol. The quantitative estimate of drug-likeness (QED) is 0.464. The molecule has 146 valence electrons. The molecule has 3 aromatic heterocycles. The molecule has 0 aliphatic rings. The standard InChI is InChI=1S/C20H28BrN5S/c1-8-14(9-2)15-10-12(5)24-26-16(13(6)22-19(15)26)17-18(21)23-20(27-17)25(7)11(3)4/h10-11,14H,8-9H2,1-7H3. The Morgan fingerprint density at radius 2 is 1.85 bits per heavy atom. The van der Waals surface area contributed by atoms with Crippen molar-refractivity contribution in [2.24, 2.45) is 0 Å². The van der Waals surface area contributed by atoms with E-state index in [4.69, 9.17) is 15.1 Å². The van der Waals surface area contributed by atoms with Crippen molar-refractivity contribution in [3.63, 3.8) is 0 Å². The fraction of sp³-hybridized carbons (Fsp3) is 0.550. The molecule has 0 amide bonds. The Morgan fingerprint density at radius 3 is 2.44 bits per heavy atom. The number of nitrogens with zero attached hydrogens (tertiary/aromatic N) is 5. The highest BCUT2D eigenvalue weighted by molar-refractivity contribution is 9.10. The smallest absolute Gasteiger partial charge is 0.187 e. The molecule has 0 atom stereocenters. The van der Waals surface area contributed by atoms with Gasteiger partial charge in [-0.3, -0.25) is 0 Å². The predicted octanol–water partition coefficient (Wildman–Crippen LogP) is 5.98. The van der Waals surface area contributed by atoms with Gasteiger partial charge >= 0.3 is 0 Å². The number of aromatic nitrogens is 4. The number of hydrogen-bond donors (Lipinski definition) is 0. The highest BCUT2D eigenvalue weighted by Gasteiger charge is 2.24. The zero-order valence-corrected chi connectivity index (χ0v) is 19.6. The van der Waals surface area contributed by atoms with Gasteiger partial charge in [0.15, 0.2) is 10.8 Å². The molecule has 0 aromatic carbocycles. The molecule has 0 spiro atoms. The molecule has 0 saturated heterocycles. The first-order chi connectivity index (χ1) is 12.8. The third-order valence-electron chi connectivity index (χ3n) is 5.20. The van der Waals surface area contributed by atoms with Gasteiger partial charge in [-0.1, -0.05) is 25.2 Å². The third-order valence-corrected chi connectivity index (χ3v) is 7.19. The molecule has 0 aliphatic carbocycles. The van der Waals surface area contributed by atoms with Crippen molar-refractivity contribution >= 4 is 38.0 Å². The SMILES string of the molecule is CCC(CC)c1cc(C)nn2c(-c3sc(N(C)C(C)C)nc3Br)c(C)nc12. The predicted molar refractivity (Wildman–Crippen MR) is 118 cm³/mol. The summed E-state index contributed by atoms with van der Waals surface area (Å²) in [4.78, 5) is 12.9. The summed E-state index contributed by atoms with van der Waals surface area (Å²) in [5, 5.41) is 5.81. The molecule has 0 aliphatic heterocycles. The molecule has 3 rings (SSSR count). The second-order valence-corrected chi connectivity index (χ2v) is 9.09. The molecule has 5 nitrogen and oxygen atoms in total. The van der Waals surface area contributed by atoms with E-state index in [0.29, 0.717) is 12.0 Å². The summed E-state index contributed by atoms with van der Waals surface area (Å²) in [6.45, 7) is 12.9. The van der Waals surface area contributed by atoms with Crippen LogP contribution in [0, 0.1) is 13.8 Å². The fourth-order valence-corrected chi connectivity index (χ4v) is 5.23. The lowest BCUT2D eigenvalue weighted by Crippen LogP contribution is -2.25. The van der Waals surface area contributed by atoms with Crippen molar-refractivity contribution in [1.82, 2.24) is 19.6 Å². The highest BCUT2D eigenvalue weighted by Crippen LogP contribution is 2.40. The maximum atomic E-state index is 4.92. The van der Waals surface area contributed by atoms with E-state index in [0.717, 1.165) is 50.2 Å². The molecule has 7 heteroatoms. The lowest BCUT2D eigenvalue weighted by Gasteiger charge is -2.19. The number of imidazole rings is 1. The number of anilines is 1. The van der Waals surface area contributed by atoms with Crippen LogP contribution >= 0.6 is 27.3 Å². The Hall–Kier alpha value is -1.47. The third kappa shape index (κ3) is 3.63. The van der Waals surface area contributed by atoms with Crippen LogP contribution in [-0.2, 0) is 0 Å². The average molecular weight is 450 g/mol. The molecule has 0 N–H and O–H groups in total. The van der Waals surface area contributed by atoms with E-state index in [9.17, 15) is 0 Å². The van der Waals surface area contributed by atoms with Crippen molar-refractivity contribution in [3.8, 4) is 10.6 Å². The summed E-state index contributed by atoms with van der Waals surface area (Å²) in [5.74, 6) is 0.497. The van der Waals surface area contributed by atoms with Gasteiger partial charge in [-0.15, -0.1) is 0 Å². The van der Waals surface area contributed by atoms with Crippen molar-refractivity contribution in [2.75, 3.05) is 11.9 Å². The Bertz CT molecular complexity index is 955. The number of hydrogen-bond acceptors (Lipinski definition) is 5. The van der Waals surface area contributed by atoms with E-state index < -0.39 is 0 Å². The van der Waals surface area contributed by atoms with Crippen LogP contribution in [0.15, 0.2) is 10.7 Å². The van der Waals surface area contributed by atoms with Gasteiger partial charge in [0.05, 0.1) is 16.3 Å². The van der Waals surface area contributed by atoms with Crippen molar-refractivity contribution < 1.29 is 0 Å². The zero-order valence-electron chi connectivity index (χ0n) is 17.2. The van der Waals surface area contributed by atoms with Crippen LogP contribution in [0.2, 0.25) is 0 Å². The molecular weight excluding hydrogens is 422 g/mol. The van der Waals surface area contributed by atoms with Crippen LogP contribution < -0.4 is 4.90 Å². The van der Waals surface area contributed by atoms with Crippen molar-refractivity contribution in [1.29, 1.82) is 0 Å². The van der Waals surface area contributed by atoms with Gasteiger partial charge in [-0.2, -0.15) is 5.10 Å². The molecule has 0 radical (unpaired) electrons. The second kappa shape index (κ2) is 7.87. The number of fused-ring (bicyclic) bond motifs is 1. The van der Waals surface area contributed by atoms with Crippen LogP contribution in [-0.4, -0.2) is 32.7 Å². The number of thiazole rings is 1. The minimum absolute atomic E-state index is 0.390. The molecule has 3 heterocycles. The van der Waals surface area contributed by atoms with Crippen molar-refractivity contribution in [2.45, 2.75) is 66.3 Å². The minimum Gasteiger partial charge on any atom is -0.349 e. The maximum absolute atomic E-state index is 4.92. The number of rotatable bonds is 6. The van der Waals surface area contributed by atoms with E-state index >= 15 is 0 Å². The largest absolute Gasteiger partial charge is 0.349 e. The van der Waals surface area contributed by atoms with Gasteiger partial charge in [-0.05, 0) is 68.5 Å². The molecule has 0 saturated carbocycles. The number of aryl methyl sites for hydroxylation is 2. The summed E-state index contributed by atoms with van der Waals surface area (Å²) >= 11 is 5.35. The lowest BCUT2D eigenvalue weighted by molar-refractivity contribution is 0.638. The molecular formula is C20H28BrN5S. The second-order valence-electron chi connectivity index (χ2n) is 7.36. The van der Waals surface area contributed by atoms with Gasteiger partial charge in [0.1, 0.15) is 10.3 Å². The van der Waals surface area contributed by atoms with Crippen LogP contribution in [0.4, 0.5) is 5.13 Å².